The van der Waals surface area contributed by atoms with Crippen LogP contribution in [0.1, 0.15) is 0 Å². The molecule has 0 fully saturated rings. The number of nitrogens with zero attached hydrogens (tertiary/aromatic N) is 2. The number of carbonyl (C=O) groups is 1. The highest BCUT2D eigenvalue weighted by Crippen LogP contribution is 2.15. The van der Waals surface area contributed by atoms with Crippen LogP contribution in [0.3, 0.4) is 0 Å². The Hall–Kier alpha value is -2.11. The highest BCUT2D eigenvalue weighted by atomic mass is 16.5. The van der Waals surface area contributed by atoms with Crippen LogP contribution in [-0.2, 0) is 0 Å². The predicted octanol–water partition coefficient (Wildman–Crippen LogP) is 1.84. The van der Waals surface area contributed by atoms with E-state index in [2.05, 4.69) is 10.6 Å². The summed E-state index contributed by atoms with van der Waals surface area (Å²) in [5.41, 5.74) is 0.566. The van der Waals surface area contributed by atoms with E-state index in [1.54, 1.807) is 31.4 Å². The number of ether oxygens (including phenoxy) is 1. The Morgan fingerprint density at radius 2 is 2.00 bits per heavy atom. The van der Waals surface area contributed by atoms with Gasteiger partial charge in [-0.15, -0.1) is 4.91 Å². The maximum absolute atomic E-state index is 11.2. The molecule has 0 bridgehead atoms. The molecule has 0 saturated carbocycles. The molecule has 1 N–H and O–H groups in total. The minimum absolute atomic E-state index is 0.566. The lowest BCUT2D eigenvalue weighted by Gasteiger charge is -2.09. The second-order valence-electron chi connectivity index (χ2n) is 2.76. The van der Waals surface area contributed by atoms with E-state index in [9.17, 15) is 9.70 Å². The van der Waals surface area contributed by atoms with Gasteiger partial charge < -0.3 is 10.1 Å². The van der Waals surface area contributed by atoms with Crippen LogP contribution in [0, 0.1) is 4.91 Å². The van der Waals surface area contributed by atoms with E-state index in [0.717, 1.165) is 0 Å². The Kier molecular flexibility index (Phi) is 3.61. The number of amides is 2. The minimum Gasteiger partial charge on any atom is -0.497 e. The largest absolute Gasteiger partial charge is 0.497 e. The Morgan fingerprint density at radius 1 is 1.40 bits per heavy atom. The lowest BCUT2D eigenvalue weighted by atomic mass is 10.3. The van der Waals surface area contributed by atoms with Gasteiger partial charge in [0, 0.05) is 12.7 Å². The maximum Gasteiger partial charge on any atom is 0.344 e. The van der Waals surface area contributed by atoms with Gasteiger partial charge in [-0.05, 0) is 24.3 Å². The molecule has 0 aliphatic carbocycles. The Bertz CT molecular complexity index is 350. The quantitative estimate of drug-likeness (QED) is 0.609. The molecule has 15 heavy (non-hydrogen) atoms. The first-order chi connectivity index (χ1) is 7.17. The van der Waals surface area contributed by atoms with Crippen molar-refractivity contribution < 1.29 is 9.53 Å². The van der Waals surface area contributed by atoms with Crippen molar-refractivity contribution >= 4 is 11.7 Å². The molecule has 1 aromatic rings. The molecule has 0 heterocycles. The molecule has 1 rings (SSSR count). The van der Waals surface area contributed by atoms with E-state index >= 15 is 0 Å². The predicted molar refractivity (Wildman–Crippen MR) is 55.6 cm³/mol. The molecule has 1 aromatic carbocycles. The van der Waals surface area contributed by atoms with Crippen LogP contribution < -0.4 is 10.1 Å². The van der Waals surface area contributed by atoms with Gasteiger partial charge in [0.1, 0.15) is 5.75 Å². The molecule has 2 amide bonds. The second kappa shape index (κ2) is 4.94. The summed E-state index contributed by atoms with van der Waals surface area (Å²) in [5.74, 6) is 0.690. The van der Waals surface area contributed by atoms with Crippen LogP contribution >= 0.6 is 0 Å². The normalized spacial score (nSPS) is 9.20. The van der Waals surface area contributed by atoms with Crippen molar-refractivity contribution in [2.45, 2.75) is 0 Å². The Morgan fingerprint density at radius 3 is 2.47 bits per heavy atom. The van der Waals surface area contributed by atoms with E-state index < -0.39 is 6.03 Å². The minimum atomic E-state index is -0.588. The zero-order valence-electron chi connectivity index (χ0n) is 8.43. The maximum atomic E-state index is 11.2. The monoisotopic (exact) mass is 209 g/mol. The second-order valence-corrected chi connectivity index (χ2v) is 2.76. The third kappa shape index (κ3) is 2.94. The molecule has 6 heteroatoms. The topological polar surface area (TPSA) is 71.0 Å². The summed E-state index contributed by atoms with van der Waals surface area (Å²) >= 11 is 0. The standard InChI is InChI=1S/C9H11N3O3/c1-12(11-14)9(13)10-7-3-5-8(15-2)6-4-7/h3-6H,1-2H3,(H,10,13). The molecule has 0 aliphatic rings. The number of methoxy groups -OCH3 is 1. The van der Waals surface area contributed by atoms with Gasteiger partial charge >= 0.3 is 6.03 Å². The summed E-state index contributed by atoms with van der Waals surface area (Å²) in [6, 6.07) is 6.13. The molecule has 0 spiro atoms. The van der Waals surface area contributed by atoms with Crippen LogP contribution in [-0.4, -0.2) is 25.2 Å². The van der Waals surface area contributed by atoms with Gasteiger partial charge in [0.2, 0.25) is 0 Å². The number of urea groups is 1. The smallest absolute Gasteiger partial charge is 0.344 e. The van der Waals surface area contributed by atoms with Crippen LogP contribution in [0.25, 0.3) is 0 Å². The first kappa shape index (κ1) is 11.0. The van der Waals surface area contributed by atoms with Crippen molar-refractivity contribution in [1.82, 2.24) is 5.01 Å². The van der Waals surface area contributed by atoms with Crippen molar-refractivity contribution in [3.63, 3.8) is 0 Å². The summed E-state index contributed by atoms with van der Waals surface area (Å²) in [7, 11) is 2.82. The van der Waals surface area contributed by atoms with Gasteiger partial charge in [0.05, 0.1) is 12.4 Å². The first-order valence-corrected chi connectivity index (χ1v) is 4.19. The summed E-state index contributed by atoms with van der Waals surface area (Å²) < 4.78 is 4.95. The van der Waals surface area contributed by atoms with Crippen molar-refractivity contribution in [3.8, 4) is 5.75 Å². The molecule has 0 aliphatic heterocycles. The van der Waals surface area contributed by atoms with Gasteiger partial charge in [-0.2, -0.15) is 5.01 Å². The number of nitroso groups, excluding NO2 is 1. The van der Waals surface area contributed by atoms with Gasteiger partial charge in [0.25, 0.3) is 0 Å². The number of hydrogen-bond acceptors (Lipinski definition) is 4. The van der Waals surface area contributed by atoms with Gasteiger partial charge in [-0.1, -0.05) is 0 Å². The summed E-state index contributed by atoms with van der Waals surface area (Å²) in [6.07, 6.45) is 0. The molecule has 0 radical (unpaired) electrons. The van der Waals surface area contributed by atoms with E-state index in [1.165, 1.54) is 7.05 Å². The average Bonchev–Trinajstić information content (AvgIpc) is 2.29. The molecule has 0 saturated heterocycles. The number of carbonyl (C=O) groups excluding carboxylic acids is 1. The van der Waals surface area contributed by atoms with E-state index in [4.69, 9.17) is 4.74 Å². The molecule has 0 aromatic heterocycles. The summed E-state index contributed by atoms with van der Waals surface area (Å²) in [4.78, 5) is 21.2. The lowest BCUT2D eigenvalue weighted by molar-refractivity contribution is 0.224. The molecule has 80 valence electrons. The third-order valence-electron chi connectivity index (χ3n) is 1.76. The van der Waals surface area contributed by atoms with Crippen LogP contribution in [0.4, 0.5) is 10.5 Å². The SMILES string of the molecule is COc1ccc(NC(=O)N(C)N=O)cc1. The van der Waals surface area contributed by atoms with Gasteiger partial charge in [-0.3, -0.25) is 0 Å². The molecule has 0 atom stereocenters. The number of rotatable bonds is 3. The van der Waals surface area contributed by atoms with Gasteiger partial charge in [0.15, 0.2) is 0 Å². The average molecular weight is 209 g/mol. The zero-order chi connectivity index (χ0) is 11.3. The molecule has 0 unspecified atom stereocenters. The summed E-state index contributed by atoms with van der Waals surface area (Å²) in [6.45, 7) is 0. The van der Waals surface area contributed by atoms with Crippen LogP contribution in [0.2, 0.25) is 0 Å². The fourth-order valence-electron chi connectivity index (χ4n) is 0.916. The summed E-state index contributed by atoms with van der Waals surface area (Å²) in [5, 5.41) is 5.62. The molecule has 6 nitrogen and oxygen atoms in total. The van der Waals surface area contributed by atoms with Crippen molar-refractivity contribution in [2.24, 2.45) is 5.29 Å². The van der Waals surface area contributed by atoms with Crippen LogP contribution in [0.5, 0.6) is 5.75 Å². The van der Waals surface area contributed by atoms with Crippen molar-refractivity contribution in [2.75, 3.05) is 19.5 Å². The fourth-order valence-corrected chi connectivity index (χ4v) is 0.916. The Balaban J connectivity index is 2.65. The van der Waals surface area contributed by atoms with E-state index in [0.29, 0.717) is 16.4 Å². The van der Waals surface area contributed by atoms with E-state index in [-0.39, 0.29) is 0 Å². The molecular formula is C9H11N3O3. The highest BCUT2D eigenvalue weighted by molar-refractivity contribution is 5.88. The number of anilines is 1. The molecular weight excluding hydrogens is 198 g/mol. The Labute approximate surface area is 86.8 Å². The number of benzene rings is 1. The highest BCUT2D eigenvalue weighted by Gasteiger charge is 2.07. The van der Waals surface area contributed by atoms with E-state index in [1.807, 2.05) is 0 Å². The van der Waals surface area contributed by atoms with Crippen molar-refractivity contribution in [3.05, 3.63) is 29.2 Å². The lowest BCUT2D eigenvalue weighted by Crippen LogP contribution is -2.26. The number of nitrogens with one attached hydrogen (secondary N) is 1. The van der Waals surface area contributed by atoms with Gasteiger partial charge in [-0.25, -0.2) is 4.79 Å². The van der Waals surface area contributed by atoms with Crippen LogP contribution in [0.15, 0.2) is 29.6 Å². The third-order valence-corrected chi connectivity index (χ3v) is 1.76. The fraction of sp³-hybridized carbons (Fsp3) is 0.222. The van der Waals surface area contributed by atoms with Crippen molar-refractivity contribution in [1.29, 1.82) is 0 Å². The first-order valence-electron chi connectivity index (χ1n) is 4.19. The zero-order valence-corrected chi connectivity index (χ0v) is 8.43. The number of hydrogen-bond donors (Lipinski definition) is 1.